The highest BCUT2D eigenvalue weighted by Crippen LogP contribution is 2.24. The molecule has 0 spiro atoms. The summed E-state index contributed by atoms with van der Waals surface area (Å²) in [4.78, 5) is 24.4. The van der Waals surface area contributed by atoms with Crippen molar-refractivity contribution in [2.45, 2.75) is 33.2 Å². The molecule has 0 saturated heterocycles. The molecule has 1 aromatic carbocycles. The van der Waals surface area contributed by atoms with Crippen molar-refractivity contribution in [1.82, 2.24) is 4.90 Å². The van der Waals surface area contributed by atoms with Gasteiger partial charge in [-0.25, -0.2) is 9.18 Å². The summed E-state index contributed by atoms with van der Waals surface area (Å²) in [5.41, 5.74) is 1.07. The van der Waals surface area contributed by atoms with Crippen molar-refractivity contribution < 1.29 is 19.1 Å². The van der Waals surface area contributed by atoms with E-state index >= 15 is 0 Å². The third kappa shape index (κ3) is 4.70. The normalized spacial score (nSPS) is 11.9. The molecule has 21 heavy (non-hydrogen) atoms. The Bertz CT molecular complexity index is 551. The zero-order valence-electron chi connectivity index (χ0n) is 12.1. The number of carbonyl (C=O) groups excluding carboxylic acids is 1. The van der Waals surface area contributed by atoms with Crippen molar-refractivity contribution in [2.24, 2.45) is 0 Å². The molecular weight excluding hydrogens is 343 g/mol. The molecule has 0 fully saturated rings. The zero-order valence-corrected chi connectivity index (χ0v) is 13.7. The summed E-state index contributed by atoms with van der Waals surface area (Å²) in [6, 6.07) is 1.96. The van der Waals surface area contributed by atoms with Crippen molar-refractivity contribution in [3.8, 4) is 0 Å². The lowest BCUT2D eigenvalue weighted by Crippen LogP contribution is -2.42. The minimum Gasteiger partial charge on any atom is -0.481 e. The number of carboxylic acids is 1. The zero-order chi connectivity index (χ0) is 16.2. The van der Waals surface area contributed by atoms with Crippen LogP contribution in [0.1, 0.15) is 25.8 Å². The number of hydrogen-bond donors (Lipinski definition) is 2. The van der Waals surface area contributed by atoms with Gasteiger partial charge in [-0.3, -0.25) is 4.79 Å². The van der Waals surface area contributed by atoms with E-state index in [-0.39, 0.29) is 10.9 Å². The van der Waals surface area contributed by atoms with Crippen LogP contribution in [0.4, 0.5) is 14.9 Å². The topological polar surface area (TPSA) is 69.6 Å². The average Bonchev–Trinajstić information content (AvgIpc) is 2.35. The second-order valence-electron chi connectivity index (χ2n) is 4.74. The van der Waals surface area contributed by atoms with Gasteiger partial charge in [-0.1, -0.05) is 0 Å². The van der Waals surface area contributed by atoms with Gasteiger partial charge >= 0.3 is 12.0 Å². The van der Waals surface area contributed by atoms with Gasteiger partial charge in [0.15, 0.2) is 0 Å². The molecule has 116 valence electrons. The van der Waals surface area contributed by atoms with Gasteiger partial charge in [-0.15, -0.1) is 0 Å². The smallest absolute Gasteiger partial charge is 0.322 e. The molecule has 1 atom stereocenters. The molecule has 2 amide bonds. The number of carboxylic acid groups (broad SMARTS) is 1. The molecule has 0 aromatic heterocycles. The van der Waals surface area contributed by atoms with Gasteiger partial charge in [0, 0.05) is 18.3 Å². The summed E-state index contributed by atoms with van der Waals surface area (Å²) < 4.78 is 13.6. The Morgan fingerprint density at radius 3 is 2.62 bits per heavy atom. The Morgan fingerprint density at radius 2 is 2.10 bits per heavy atom. The number of urea groups is 1. The number of nitrogens with zero attached hydrogens (tertiary/aromatic N) is 1. The Labute approximate surface area is 131 Å². The van der Waals surface area contributed by atoms with Crippen molar-refractivity contribution >= 4 is 33.6 Å². The van der Waals surface area contributed by atoms with Crippen LogP contribution in [0.5, 0.6) is 0 Å². The van der Waals surface area contributed by atoms with Crippen LogP contribution in [-0.4, -0.2) is 34.6 Å². The van der Waals surface area contributed by atoms with Crippen LogP contribution in [0.15, 0.2) is 16.6 Å². The van der Waals surface area contributed by atoms with Gasteiger partial charge in [0.05, 0.1) is 10.9 Å². The van der Waals surface area contributed by atoms with Crippen LogP contribution < -0.4 is 5.32 Å². The van der Waals surface area contributed by atoms with E-state index in [4.69, 9.17) is 5.11 Å². The predicted octanol–water partition coefficient (Wildman–Crippen LogP) is 3.61. The van der Waals surface area contributed by atoms with Crippen LogP contribution in [0.25, 0.3) is 0 Å². The first-order valence-electron chi connectivity index (χ1n) is 6.51. The minimum atomic E-state index is -0.963. The summed E-state index contributed by atoms with van der Waals surface area (Å²) in [7, 11) is 0. The Kier molecular flexibility index (Phi) is 6.14. The molecule has 5 nitrogen and oxygen atoms in total. The molecule has 0 aliphatic heterocycles. The summed E-state index contributed by atoms with van der Waals surface area (Å²) in [5.74, 6) is -1.37. The summed E-state index contributed by atoms with van der Waals surface area (Å²) >= 11 is 3.07. The number of aliphatic carboxylic acids is 1. The fourth-order valence-corrected chi connectivity index (χ4v) is 2.33. The molecule has 1 rings (SSSR count). The number of aryl methyl sites for hydroxylation is 1. The lowest BCUT2D eigenvalue weighted by Gasteiger charge is -2.27. The second-order valence-corrected chi connectivity index (χ2v) is 5.60. The van der Waals surface area contributed by atoms with Crippen molar-refractivity contribution in [3.63, 3.8) is 0 Å². The number of carbonyl (C=O) groups is 2. The fraction of sp³-hybridized carbons (Fsp3) is 0.429. The number of halogens is 2. The van der Waals surface area contributed by atoms with Crippen molar-refractivity contribution in [3.05, 3.63) is 28.0 Å². The lowest BCUT2D eigenvalue weighted by molar-refractivity contribution is -0.137. The molecule has 0 saturated carbocycles. The van der Waals surface area contributed by atoms with E-state index in [1.165, 1.54) is 17.0 Å². The van der Waals surface area contributed by atoms with Crippen LogP contribution in [0.3, 0.4) is 0 Å². The van der Waals surface area contributed by atoms with E-state index in [1.807, 2.05) is 0 Å². The molecule has 0 aliphatic carbocycles. The third-order valence-electron chi connectivity index (χ3n) is 3.11. The number of hydrogen-bond acceptors (Lipinski definition) is 2. The van der Waals surface area contributed by atoms with Gasteiger partial charge in [0.25, 0.3) is 0 Å². The van der Waals surface area contributed by atoms with E-state index in [0.717, 1.165) is 0 Å². The van der Waals surface area contributed by atoms with Gasteiger partial charge in [0.2, 0.25) is 0 Å². The van der Waals surface area contributed by atoms with E-state index < -0.39 is 23.9 Å². The molecule has 2 N–H and O–H groups in total. The average molecular weight is 361 g/mol. The molecule has 1 unspecified atom stereocenters. The van der Waals surface area contributed by atoms with Gasteiger partial charge in [-0.05, 0) is 54.4 Å². The summed E-state index contributed by atoms with van der Waals surface area (Å²) in [6.07, 6.45) is -0.132. The maximum absolute atomic E-state index is 13.4. The summed E-state index contributed by atoms with van der Waals surface area (Å²) in [6.45, 7) is 5.50. The van der Waals surface area contributed by atoms with Crippen LogP contribution in [0, 0.1) is 12.7 Å². The molecule has 7 heteroatoms. The fourth-order valence-electron chi connectivity index (χ4n) is 1.99. The van der Waals surface area contributed by atoms with E-state index in [9.17, 15) is 14.0 Å². The van der Waals surface area contributed by atoms with E-state index in [2.05, 4.69) is 21.2 Å². The maximum atomic E-state index is 13.4. The SMILES string of the molecule is CCN(C(=O)Nc1cc(Br)c(F)cc1C)C(C)CC(=O)O. The highest BCUT2D eigenvalue weighted by molar-refractivity contribution is 9.10. The Balaban J connectivity index is 2.88. The number of nitrogens with one attached hydrogen (secondary N) is 1. The lowest BCUT2D eigenvalue weighted by atomic mass is 10.2. The number of benzene rings is 1. The van der Waals surface area contributed by atoms with E-state index in [1.54, 1.807) is 20.8 Å². The van der Waals surface area contributed by atoms with Crippen LogP contribution in [0.2, 0.25) is 0 Å². The second kappa shape index (κ2) is 7.40. The van der Waals surface area contributed by atoms with Crippen molar-refractivity contribution in [2.75, 3.05) is 11.9 Å². The predicted molar refractivity (Wildman–Crippen MR) is 82.0 cm³/mol. The standard InChI is InChI=1S/C14H18BrFN2O3/c1-4-18(9(3)6-13(19)20)14(21)17-12-7-10(15)11(16)5-8(12)2/h5,7,9H,4,6H2,1-3H3,(H,17,21)(H,19,20). The highest BCUT2D eigenvalue weighted by Gasteiger charge is 2.21. The summed E-state index contributed by atoms with van der Waals surface area (Å²) in [5, 5.41) is 11.5. The first-order chi connectivity index (χ1) is 9.76. The first kappa shape index (κ1) is 17.4. The molecule has 0 heterocycles. The number of anilines is 1. The number of rotatable bonds is 5. The first-order valence-corrected chi connectivity index (χ1v) is 7.30. The largest absolute Gasteiger partial charge is 0.481 e. The third-order valence-corrected chi connectivity index (χ3v) is 3.72. The molecule has 0 bridgehead atoms. The van der Waals surface area contributed by atoms with Crippen LogP contribution in [-0.2, 0) is 4.79 Å². The highest BCUT2D eigenvalue weighted by atomic mass is 79.9. The Morgan fingerprint density at radius 1 is 1.48 bits per heavy atom. The van der Waals surface area contributed by atoms with Gasteiger partial charge in [0.1, 0.15) is 5.82 Å². The number of amides is 2. The van der Waals surface area contributed by atoms with Crippen molar-refractivity contribution in [1.29, 1.82) is 0 Å². The van der Waals surface area contributed by atoms with Crippen LogP contribution >= 0.6 is 15.9 Å². The van der Waals surface area contributed by atoms with Gasteiger partial charge < -0.3 is 15.3 Å². The van der Waals surface area contributed by atoms with E-state index in [0.29, 0.717) is 17.8 Å². The maximum Gasteiger partial charge on any atom is 0.322 e. The molecule has 0 radical (unpaired) electrons. The Hall–Kier alpha value is -1.63. The minimum absolute atomic E-state index is 0.132. The molecular formula is C14H18BrFN2O3. The monoisotopic (exact) mass is 360 g/mol. The molecule has 0 aliphatic rings. The molecule has 1 aromatic rings. The van der Waals surface area contributed by atoms with Gasteiger partial charge in [-0.2, -0.15) is 0 Å². The quantitative estimate of drug-likeness (QED) is 0.842.